The number of anilines is 2. The minimum absolute atomic E-state index is 0.109. The first-order valence-corrected chi connectivity index (χ1v) is 7.92. The van der Waals surface area contributed by atoms with E-state index in [9.17, 15) is 9.59 Å². The van der Waals surface area contributed by atoms with Gasteiger partial charge in [-0.05, 0) is 40.2 Å². The molecule has 2 aromatic carbocycles. The van der Waals surface area contributed by atoms with Crippen LogP contribution in [-0.2, 0) is 9.59 Å². The van der Waals surface area contributed by atoms with Gasteiger partial charge < -0.3 is 10.1 Å². The fourth-order valence-electron chi connectivity index (χ4n) is 2.58. The maximum atomic E-state index is 12.7. The molecule has 0 spiro atoms. The van der Waals surface area contributed by atoms with E-state index in [1.807, 2.05) is 24.3 Å². The lowest BCUT2D eigenvalue weighted by Crippen LogP contribution is -2.35. The summed E-state index contributed by atoms with van der Waals surface area (Å²) < 4.78 is 6.10. The van der Waals surface area contributed by atoms with E-state index in [4.69, 9.17) is 4.74 Å². The van der Waals surface area contributed by atoms with Crippen LogP contribution < -0.4 is 15.0 Å². The third-order valence-electron chi connectivity index (χ3n) is 3.68. The molecule has 1 heterocycles. The molecular weight excluding hydrogens is 360 g/mol. The number of halogens is 1. The summed E-state index contributed by atoms with van der Waals surface area (Å²) >= 11 is 3.43. The van der Waals surface area contributed by atoms with Crippen LogP contribution in [-0.4, -0.2) is 25.0 Å². The van der Waals surface area contributed by atoms with Crippen LogP contribution in [0.15, 0.2) is 53.0 Å². The van der Waals surface area contributed by atoms with Gasteiger partial charge in [-0.25, -0.2) is 4.90 Å². The quantitative estimate of drug-likeness (QED) is 0.834. The smallest absolute Gasteiger partial charge is 0.256 e. The number of carbonyl (C=O) groups excluding carboxylic acids is 2. The predicted octanol–water partition coefficient (Wildman–Crippen LogP) is 3.20. The van der Waals surface area contributed by atoms with Crippen molar-refractivity contribution in [1.82, 2.24) is 0 Å². The highest BCUT2D eigenvalue weighted by atomic mass is 79.9. The molecule has 0 aromatic heterocycles. The van der Waals surface area contributed by atoms with Crippen LogP contribution in [0.5, 0.6) is 5.75 Å². The molecule has 0 bridgehead atoms. The van der Waals surface area contributed by atoms with Crippen molar-refractivity contribution < 1.29 is 14.3 Å². The van der Waals surface area contributed by atoms with Gasteiger partial charge in [0.2, 0.25) is 5.91 Å². The first-order chi connectivity index (χ1) is 11.1. The Kier molecular flexibility index (Phi) is 4.34. The van der Waals surface area contributed by atoms with Crippen LogP contribution in [0.25, 0.3) is 0 Å². The van der Waals surface area contributed by atoms with Crippen LogP contribution in [0.4, 0.5) is 11.4 Å². The molecule has 1 aliphatic rings. The average Bonchev–Trinajstić information content (AvgIpc) is 2.83. The molecule has 0 aliphatic carbocycles. The van der Waals surface area contributed by atoms with Gasteiger partial charge in [-0.3, -0.25) is 9.59 Å². The summed E-state index contributed by atoms with van der Waals surface area (Å²) in [6.45, 7) is 0. The highest BCUT2D eigenvalue weighted by molar-refractivity contribution is 9.10. The molecule has 1 fully saturated rings. The van der Waals surface area contributed by atoms with Gasteiger partial charge in [-0.1, -0.05) is 24.3 Å². The maximum absolute atomic E-state index is 12.7. The number of carbonyl (C=O) groups is 2. The number of rotatable bonds is 4. The van der Waals surface area contributed by atoms with Crippen molar-refractivity contribution in [3.8, 4) is 5.75 Å². The summed E-state index contributed by atoms with van der Waals surface area (Å²) in [5.41, 5.74) is 1.25. The maximum Gasteiger partial charge on any atom is 0.256 e. The molecule has 1 N–H and O–H groups in total. The summed E-state index contributed by atoms with van der Waals surface area (Å²) in [4.78, 5) is 26.2. The van der Waals surface area contributed by atoms with Crippen LogP contribution in [0.1, 0.15) is 6.42 Å². The zero-order valence-corrected chi connectivity index (χ0v) is 14.0. The van der Waals surface area contributed by atoms with Crippen LogP contribution >= 0.6 is 15.9 Å². The number of ether oxygens (including phenoxy) is 1. The van der Waals surface area contributed by atoms with Gasteiger partial charge in [-0.15, -0.1) is 0 Å². The molecule has 0 saturated carbocycles. The first kappa shape index (κ1) is 15.6. The molecule has 6 heteroatoms. The number of amides is 2. The molecule has 2 aromatic rings. The van der Waals surface area contributed by atoms with Gasteiger partial charge in [-0.2, -0.15) is 0 Å². The molecule has 1 unspecified atom stereocenters. The Morgan fingerprint density at radius 2 is 1.83 bits per heavy atom. The van der Waals surface area contributed by atoms with Gasteiger partial charge in [0.1, 0.15) is 11.8 Å². The number of nitrogens with one attached hydrogen (secondary N) is 1. The van der Waals surface area contributed by atoms with E-state index >= 15 is 0 Å². The Morgan fingerprint density at radius 3 is 2.57 bits per heavy atom. The first-order valence-electron chi connectivity index (χ1n) is 7.12. The lowest BCUT2D eigenvalue weighted by Gasteiger charge is -2.18. The zero-order valence-electron chi connectivity index (χ0n) is 12.5. The van der Waals surface area contributed by atoms with Crippen LogP contribution in [0.3, 0.4) is 0 Å². The van der Waals surface area contributed by atoms with Crippen molar-refractivity contribution in [2.45, 2.75) is 12.5 Å². The number of hydrogen-bond acceptors (Lipinski definition) is 4. The summed E-state index contributed by atoms with van der Waals surface area (Å²) in [5.74, 6) is -0.0324. The van der Waals surface area contributed by atoms with E-state index in [2.05, 4.69) is 21.2 Å². The molecule has 1 aliphatic heterocycles. The average molecular weight is 375 g/mol. The standard InChI is InChI=1S/C17H15BrN2O3/c1-23-15-9-5-4-8-14(15)20-16(21)10-13(17(20)22)19-12-7-3-2-6-11(12)18/h2-9,13,19H,10H2,1H3. The molecule has 23 heavy (non-hydrogen) atoms. The van der Waals surface area contributed by atoms with E-state index in [1.54, 1.807) is 24.3 Å². The Balaban J connectivity index is 1.87. The normalized spacial score (nSPS) is 17.5. The molecule has 3 rings (SSSR count). The van der Waals surface area contributed by atoms with Crippen LogP contribution in [0, 0.1) is 0 Å². The zero-order chi connectivity index (χ0) is 16.4. The minimum atomic E-state index is -0.592. The van der Waals surface area contributed by atoms with Crippen molar-refractivity contribution in [3.05, 3.63) is 53.0 Å². The number of benzene rings is 2. The van der Waals surface area contributed by atoms with Gasteiger partial charge in [0.15, 0.2) is 0 Å². The van der Waals surface area contributed by atoms with E-state index in [1.165, 1.54) is 12.0 Å². The third-order valence-corrected chi connectivity index (χ3v) is 4.37. The van der Waals surface area contributed by atoms with E-state index in [0.717, 1.165) is 10.2 Å². The summed E-state index contributed by atoms with van der Waals surface area (Å²) in [6, 6.07) is 13.9. The summed E-state index contributed by atoms with van der Waals surface area (Å²) in [5, 5.41) is 3.13. The molecule has 5 nitrogen and oxygen atoms in total. The summed E-state index contributed by atoms with van der Waals surface area (Å²) in [7, 11) is 1.51. The lowest BCUT2D eigenvalue weighted by atomic mass is 10.2. The largest absolute Gasteiger partial charge is 0.495 e. The lowest BCUT2D eigenvalue weighted by molar-refractivity contribution is -0.121. The molecule has 2 amide bonds. The molecule has 0 radical (unpaired) electrons. The van der Waals surface area contributed by atoms with Crippen molar-refractivity contribution in [1.29, 1.82) is 0 Å². The highest BCUT2D eigenvalue weighted by Gasteiger charge is 2.40. The topological polar surface area (TPSA) is 58.6 Å². The van der Waals surface area contributed by atoms with E-state index < -0.39 is 6.04 Å². The van der Waals surface area contributed by atoms with Gasteiger partial charge >= 0.3 is 0 Å². The third kappa shape index (κ3) is 2.94. The SMILES string of the molecule is COc1ccccc1N1C(=O)CC(Nc2ccccc2Br)C1=O. The predicted molar refractivity (Wildman–Crippen MR) is 91.7 cm³/mol. The fourth-order valence-corrected chi connectivity index (χ4v) is 2.98. The van der Waals surface area contributed by atoms with Crippen LogP contribution in [0.2, 0.25) is 0 Å². The molecular formula is C17H15BrN2O3. The number of imide groups is 1. The number of hydrogen-bond donors (Lipinski definition) is 1. The van der Waals surface area contributed by atoms with Crippen molar-refractivity contribution in [2.75, 3.05) is 17.3 Å². The molecule has 118 valence electrons. The number of nitrogens with zero attached hydrogens (tertiary/aromatic N) is 1. The van der Waals surface area contributed by atoms with E-state index in [0.29, 0.717) is 11.4 Å². The molecule has 1 atom stereocenters. The summed E-state index contributed by atoms with van der Waals surface area (Å²) in [6.07, 6.45) is 0.109. The van der Waals surface area contributed by atoms with Crippen molar-refractivity contribution in [3.63, 3.8) is 0 Å². The monoisotopic (exact) mass is 374 g/mol. The van der Waals surface area contributed by atoms with Crippen molar-refractivity contribution in [2.24, 2.45) is 0 Å². The second-order valence-corrected chi connectivity index (χ2v) is 5.97. The number of para-hydroxylation sites is 3. The minimum Gasteiger partial charge on any atom is -0.495 e. The van der Waals surface area contributed by atoms with Crippen molar-refractivity contribution >= 4 is 39.1 Å². The molecule has 1 saturated heterocycles. The number of methoxy groups -OCH3 is 1. The second kappa shape index (κ2) is 6.42. The Morgan fingerprint density at radius 1 is 1.13 bits per heavy atom. The highest BCUT2D eigenvalue weighted by Crippen LogP contribution is 2.33. The van der Waals surface area contributed by atoms with E-state index in [-0.39, 0.29) is 18.2 Å². The van der Waals surface area contributed by atoms with Gasteiger partial charge in [0.25, 0.3) is 5.91 Å². The Labute approximate surface area is 142 Å². The Hall–Kier alpha value is -2.34. The van der Waals surface area contributed by atoms with Gasteiger partial charge in [0, 0.05) is 10.2 Å². The fraction of sp³-hybridized carbons (Fsp3) is 0.176. The van der Waals surface area contributed by atoms with Gasteiger partial charge in [0.05, 0.1) is 19.2 Å². The second-order valence-electron chi connectivity index (χ2n) is 5.12. The Bertz CT molecular complexity index is 763.